The fourth-order valence-electron chi connectivity index (χ4n) is 3.13. The quantitative estimate of drug-likeness (QED) is 0.637. The number of rotatable bonds is 5. The molecule has 1 N–H and O–H groups in total. The number of amides is 1. The maximum absolute atomic E-state index is 12.6. The predicted octanol–water partition coefficient (Wildman–Crippen LogP) is 5.22. The highest BCUT2D eigenvalue weighted by molar-refractivity contribution is 6.35. The molecule has 0 saturated carbocycles. The molecule has 0 fully saturated rings. The molecule has 0 aliphatic heterocycles. The van der Waals surface area contributed by atoms with Crippen molar-refractivity contribution in [2.24, 2.45) is 0 Å². The van der Waals surface area contributed by atoms with Gasteiger partial charge in [-0.2, -0.15) is 5.10 Å². The van der Waals surface area contributed by atoms with Crippen LogP contribution in [0, 0.1) is 13.8 Å². The van der Waals surface area contributed by atoms with Crippen molar-refractivity contribution in [3.05, 3.63) is 81.1 Å². The van der Waals surface area contributed by atoms with Crippen molar-refractivity contribution in [2.45, 2.75) is 33.2 Å². The topological polar surface area (TPSA) is 46.9 Å². The first-order valence-electron chi connectivity index (χ1n) is 8.71. The van der Waals surface area contributed by atoms with E-state index in [1.54, 1.807) is 12.1 Å². The van der Waals surface area contributed by atoms with Gasteiger partial charge in [0.2, 0.25) is 5.91 Å². The summed E-state index contributed by atoms with van der Waals surface area (Å²) in [6.07, 6.45) is 0.264. The molecular weight excluding hydrogens is 381 g/mol. The summed E-state index contributed by atoms with van der Waals surface area (Å²) in [4.78, 5) is 12.6. The highest BCUT2D eigenvalue weighted by Gasteiger charge is 2.18. The van der Waals surface area contributed by atoms with E-state index < -0.39 is 0 Å². The smallest absolute Gasteiger partial charge is 0.225 e. The van der Waals surface area contributed by atoms with Crippen molar-refractivity contribution in [1.82, 2.24) is 15.1 Å². The molecule has 3 rings (SSSR count). The van der Waals surface area contributed by atoms with Gasteiger partial charge < -0.3 is 5.32 Å². The summed E-state index contributed by atoms with van der Waals surface area (Å²) in [6.45, 7) is 5.81. The molecule has 1 atom stereocenters. The fraction of sp³-hybridized carbons (Fsp3) is 0.238. The molecule has 140 valence electrons. The zero-order chi connectivity index (χ0) is 19.6. The van der Waals surface area contributed by atoms with Crippen molar-refractivity contribution in [3.63, 3.8) is 0 Å². The highest BCUT2D eigenvalue weighted by Crippen LogP contribution is 2.26. The van der Waals surface area contributed by atoms with E-state index in [-0.39, 0.29) is 18.4 Å². The van der Waals surface area contributed by atoms with Crippen molar-refractivity contribution >= 4 is 29.1 Å². The molecule has 4 nitrogen and oxygen atoms in total. The summed E-state index contributed by atoms with van der Waals surface area (Å²) >= 11 is 12.2. The van der Waals surface area contributed by atoms with Gasteiger partial charge in [-0.15, -0.1) is 0 Å². The van der Waals surface area contributed by atoms with Gasteiger partial charge in [0.1, 0.15) is 0 Å². The van der Waals surface area contributed by atoms with E-state index in [9.17, 15) is 4.79 Å². The van der Waals surface area contributed by atoms with Crippen LogP contribution < -0.4 is 5.32 Å². The van der Waals surface area contributed by atoms with E-state index in [0.29, 0.717) is 10.0 Å². The second kappa shape index (κ2) is 8.15. The number of para-hydroxylation sites is 1. The lowest BCUT2D eigenvalue weighted by molar-refractivity contribution is -0.121. The average Bonchev–Trinajstić information content (AvgIpc) is 2.90. The fourth-order valence-corrected chi connectivity index (χ4v) is 3.71. The Labute approximate surface area is 169 Å². The van der Waals surface area contributed by atoms with Crippen LogP contribution in [0.4, 0.5) is 0 Å². The summed E-state index contributed by atoms with van der Waals surface area (Å²) in [5.41, 5.74) is 4.56. The lowest BCUT2D eigenvalue weighted by Crippen LogP contribution is -2.28. The molecule has 2 aromatic carbocycles. The number of nitrogens with zero attached hydrogens (tertiary/aromatic N) is 2. The predicted molar refractivity (Wildman–Crippen MR) is 110 cm³/mol. The van der Waals surface area contributed by atoms with Crippen LogP contribution in [-0.2, 0) is 11.2 Å². The molecule has 0 spiro atoms. The maximum Gasteiger partial charge on any atom is 0.225 e. The van der Waals surface area contributed by atoms with E-state index in [2.05, 4.69) is 10.4 Å². The Morgan fingerprint density at radius 1 is 1.15 bits per heavy atom. The van der Waals surface area contributed by atoms with Crippen LogP contribution in [0.1, 0.15) is 35.5 Å². The molecule has 3 aromatic rings. The van der Waals surface area contributed by atoms with Crippen LogP contribution in [0.15, 0.2) is 48.5 Å². The van der Waals surface area contributed by atoms with Gasteiger partial charge >= 0.3 is 0 Å². The van der Waals surface area contributed by atoms with Crippen LogP contribution in [-0.4, -0.2) is 15.7 Å². The molecular formula is C21H21Cl2N3O. The molecule has 0 radical (unpaired) electrons. The number of aromatic nitrogens is 2. The van der Waals surface area contributed by atoms with E-state index in [4.69, 9.17) is 23.2 Å². The van der Waals surface area contributed by atoms with Crippen LogP contribution in [0.5, 0.6) is 0 Å². The Bertz CT molecular complexity index is 967. The van der Waals surface area contributed by atoms with E-state index in [0.717, 1.165) is 28.2 Å². The number of aryl methyl sites for hydroxylation is 1. The van der Waals surface area contributed by atoms with Gasteiger partial charge in [0, 0.05) is 21.3 Å². The lowest BCUT2D eigenvalue weighted by Gasteiger charge is -2.16. The number of benzene rings is 2. The number of halogens is 2. The number of carbonyl (C=O) groups is 1. The first-order valence-corrected chi connectivity index (χ1v) is 9.47. The van der Waals surface area contributed by atoms with E-state index >= 15 is 0 Å². The second-order valence-electron chi connectivity index (χ2n) is 6.53. The Balaban J connectivity index is 1.75. The Morgan fingerprint density at radius 2 is 1.85 bits per heavy atom. The zero-order valence-corrected chi connectivity index (χ0v) is 17.0. The van der Waals surface area contributed by atoms with Gasteiger partial charge in [-0.25, -0.2) is 4.68 Å². The molecule has 0 saturated heterocycles. The monoisotopic (exact) mass is 401 g/mol. The normalized spacial score (nSPS) is 12.0. The number of carbonyl (C=O) groups excluding carboxylic acids is 1. The minimum absolute atomic E-state index is 0.0765. The van der Waals surface area contributed by atoms with Crippen LogP contribution >= 0.6 is 23.2 Å². The van der Waals surface area contributed by atoms with Crippen LogP contribution in [0.25, 0.3) is 5.69 Å². The van der Waals surface area contributed by atoms with Crippen molar-refractivity contribution in [1.29, 1.82) is 0 Å². The molecule has 0 aliphatic rings. The summed E-state index contributed by atoms with van der Waals surface area (Å²) in [5.74, 6) is -0.0765. The highest BCUT2D eigenvalue weighted by atomic mass is 35.5. The van der Waals surface area contributed by atoms with E-state index in [1.807, 2.05) is 61.9 Å². The second-order valence-corrected chi connectivity index (χ2v) is 7.37. The zero-order valence-electron chi connectivity index (χ0n) is 15.5. The van der Waals surface area contributed by atoms with Crippen LogP contribution in [0.3, 0.4) is 0 Å². The lowest BCUT2D eigenvalue weighted by atomic mass is 10.1. The summed E-state index contributed by atoms with van der Waals surface area (Å²) in [6, 6.07) is 15.0. The van der Waals surface area contributed by atoms with Gasteiger partial charge in [-0.05, 0) is 50.6 Å². The molecule has 1 unspecified atom stereocenters. The maximum atomic E-state index is 12.6. The molecule has 0 bridgehead atoms. The summed E-state index contributed by atoms with van der Waals surface area (Å²) in [5, 5.41) is 8.71. The third-order valence-corrected chi connectivity index (χ3v) is 5.15. The van der Waals surface area contributed by atoms with Gasteiger partial charge in [0.15, 0.2) is 0 Å². The minimum Gasteiger partial charge on any atom is -0.349 e. The van der Waals surface area contributed by atoms with Gasteiger partial charge in [-0.1, -0.05) is 47.5 Å². The van der Waals surface area contributed by atoms with Crippen molar-refractivity contribution < 1.29 is 4.79 Å². The minimum atomic E-state index is -0.216. The number of nitrogens with one attached hydrogen (secondary N) is 1. The molecule has 0 aliphatic carbocycles. The first kappa shape index (κ1) is 19.5. The molecule has 1 aromatic heterocycles. The largest absolute Gasteiger partial charge is 0.349 e. The Kier molecular flexibility index (Phi) is 5.88. The standard InChI is InChI=1S/C21H21Cl2N3O/c1-13(18-10-9-16(22)11-20(18)23)24-21(27)12-19-14(2)25-26(15(19)3)17-7-5-4-6-8-17/h4-11,13H,12H2,1-3H3,(H,24,27). The van der Waals surface area contributed by atoms with Gasteiger partial charge in [-0.3, -0.25) is 4.79 Å². The SMILES string of the molecule is Cc1nn(-c2ccccc2)c(C)c1CC(=O)NC(C)c1ccc(Cl)cc1Cl. The molecule has 27 heavy (non-hydrogen) atoms. The van der Waals surface area contributed by atoms with Crippen molar-refractivity contribution in [2.75, 3.05) is 0 Å². The van der Waals surface area contributed by atoms with Gasteiger partial charge in [0.05, 0.1) is 23.8 Å². The summed E-state index contributed by atoms with van der Waals surface area (Å²) in [7, 11) is 0. The third kappa shape index (κ3) is 4.34. The van der Waals surface area contributed by atoms with Crippen LogP contribution in [0.2, 0.25) is 10.0 Å². The first-order chi connectivity index (χ1) is 12.9. The van der Waals surface area contributed by atoms with E-state index in [1.165, 1.54) is 0 Å². The molecule has 1 heterocycles. The average molecular weight is 402 g/mol. The number of hydrogen-bond donors (Lipinski definition) is 1. The Hall–Kier alpha value is -2.30. The molecule has 1 amide bonds. The Morgan fingerprint density at radius 3 is 2.52 bits per heavy atom. The third-order valence-electron chi connectivity index (χ3n) is 4.59. The van der Waals surface area contributed by atoms with Crippen molar-refractivity contribution in [3.8, 4) is 5.69 Å². The van der Waals surface area contributed by atoms with Gasteiger partial charge in [0.25, 0.3) is 0 Å². The number of hydrogen-bond acceptors (Lipinski definition) is 2. The summed E-state index contributed by atoms with van der Waals surface area (Å²) < 4.78 is 1.87. The molecule has 6 heteroatoms.